The molecule has 0 spiro atoms. The highest BCUT2D eigenvalue weighted by Gasteiger charge is 2.10. The fourth-order valence-electron chi connectivity index (χ4n) is 1.27. The molecule has 0 saturated carbocycles. The zero-order valence-corrected chi connectivity index (χ0v) is 9.25. The van der Waals surface area contributed by atoms with E-state index in [2.05, 4.69) is 11.9 Å². The Kier molecular flexibility index (Phi) is 4.00. The van der Waals surface area contributed by atoms with Crippen LogP contribution in [0.3, 0.4) is 0 Å². The zero-order valence-electron chi connectivity index (χ0n) is 8.50. The van der Waals surface area contributed by atoms with Gasteiger partial charge in [-0.15, -0.1) is 0 Å². The zero-order chi connectivity index (χ0) is 11.4. The van der Waals surface area contributed by atoms with Crippen molar-refractivity contribution in [1.82, 2.24) is 5.32 Å². The highest BCUT2D eigenvalue weighted by atomic mass is 35.5. The topological polar surface area (TPSA) is 52.5 Å². The molecular weight excluding hydrogens is 214 g/mol. The maximum atomic E-state index is 9.57. The van der Waals surface area contributed by atoms with Crippen LogP contribution >= 0.6 is 11.6 Å². The van der Waals surface area contributed by atoms with E-state index in [1.807, 2.05) is 6.92 Å². The molecule has 0 fully saturated rings. The number of aromatic hydroxyl groups is 2. The minimum Gasteiger partial charge on any atom is -0.508 e. The van der Waals surface area contributed by atoms with Gasteiger partial charge in [0.2, 0.25) is 0 Å². The summed E-state index contributed by atoms with van der Waals surface area (Å²) in [5, 5.41) is 22.3. The Morgan fingerprint density at radius 1 is 1.53 bits per heavy atom. The fraction of sp³-hybridized carbons (Fsp3) is 0.273. The predicted molar refractivity (Wildman–Crippen MR) is 61.2 cm³/mol. The number of rotatable bonds is 4. The van der Waals surface area contributed by atoms with E-state index in [1.165, 1.54) is 12.1 Å². The first-order chi connectivity index (χ1) is 7.00. The highest BCUT2D eigenvalue weighted by molar-refractivity contribution is 6.29. The van der Waals surface area contributed by atoms with E-state index in [0.29, 0.717) is 17.1 Å². The lowest BCUT2D eigenvalue weighted by Crippen LogP contribution is -2.19. The van der Waals surface area contributed by atoms with Gasteiger partial charge in [-0.2, -0.15) is 0 Å². The molecule has 0 radical (unpaired) electrons. The average Bonchev–Trinajstić information content (AvgIpc) is 2.14. The molecule has 4 heteroatoms. The van der Waals surface area contributed by atoms with Crippen molar-refractivity contribution >= 4 is 11.6 Å². The molecular formula is C11H14ClNO2. The Hall–Kier alpha value is -1.19. The van der Waals surface area contributed by atoms with Crippen molar-refractivity contribution in [1.29, 1.82) is 0 Å². The van der Waals surface area contributed by atoms with Crippen molar-refractivity contribution in [3.8, 4) is 11.5 Å². The maximum Gasteiger partial charge on any atom is 0.124 e. The quantitative estimate of drug-likeness (QED) is 0.741. The summed E-state index contributed by atoms with van der Waals surface area (Å²) in [6, 6.07) is 4.45. The molecule has 1 unspecified atom stereocenters. The summed E-state index contributed by atoms with van der Waals surface area (Å²) in [7, 11) is 0. The maximum absolute atomic E-state index is 9.57. The van der Waals surface area contributed by atoms with Crippen LogP contribution in [0.2, 0.25) is 0 Å². The van der Waals surface area contributed by atoms with Crippen LogP contribution in [0.1, 0.15) is 18.5 Å². The summed E-state index contributed by atoms with van der Waals surface area (Å²) in [6.45, 7) is 5.93. The van der Waals surface area contributed by atoms with Crippen LogP contribution in [0, 0.1) is 0 Å². The van der Waals surface area contributed by atoms with Crippen LogP contribution in [0.5, 0.6) is 11.5 Å². The van der Waals surface area contributed by atoms with Gasteiger partial charge >= 0.3 is 0 Å². The number of benzene rings is 1. The lowest BCUT2D eigenvalue weighted by Gasteiger charge is -2.15. The number of halogens is 1. The molecule has 3 nitrogen and oxygen atoms in total. The Bertz CT molecular complexity index is 366. The van der Waals surface area contributed by atoms with Gasteiger partial charge in [0.25, 0.3) is 0 Å². The van der Waals surface area contributed by atoms with Gasteiger partial charge in [0.1, 0.15) is 11.5 Å². The first-order valence-corrected chi connectivity index (χ1v) is 4.97. The monoisotopic (exact) mass is 227 g/mol. The van der Waals surface area contributed by atoms with Crippen molar-refractivity contribution in [2.45, 2.75) is 13.0 Å². The molecule has 1 aromatic carbocycles. The first-order valence-electron chi connectivity index (χ1n) is 4.59. The van der Waals surface area contributed by atoms with Crippen LogP contribution in [0.4, 0.5) is 0 Å². The van der Waals surface area contributed by atoms with Gasteiger partial charge in [-0.1, -0.05) is 24.2 Å². The van der Waals surface area contributed by atoms with E-state index >= 15 is 0 Å². The number of nitrogens with one attached hydrogen (secondary N) is 1. The van der Waals surface area contributed by atoms with E-state index in [-0.39, 0.29) is 17.5 Å². The van der Waals surface area contributed by atoms with Gasteiger partial charge in [-0.25, -0.2) is 0 Å². The molecule has 1 aromatic rings. The molecule has 0 amide bonds. The summed E-state index contributed by atoms with van der Waals surface area (Å²) in [5.74, 6) is 0.111. The fourth-order valence-corrected chi connectivity index (χ4v) is 1.35. The number of hydrogen-bond acceptors (Lipinski definition) is 3. The number of phenolic OH excluding ortho intramolecular Hbond substituents is 2. The Labute approximate surface area is 94.0 Å². The second-order valence-corrected chi connectivity index (χ2v) is 3.90. The minimum atomic E-state index is -0.0545. The van der Waals surface area contributed by atoms with Gasteiger partial charge in [0, 0.05) is 29.2 Å². The second kappa shape index (κ2) is 5.05. The molecule has 0 bridgehead atoms. The van der Waals surface area contributed by atoms with Gasteiger partial charge in [-0.3, -0.25) is 0 Å². The van der Waals surface area contributed by atoms with Crippen LogP contribution in [-0.4, -0.2) is 16.8 Å². The third-order valence-electron chi connectivity index (χ3n) is 2.08. The van der Waals surface area contributed by atoms with Gasteiger partial charge < -0.3 is 15.5 Å². The van der Waals surface area contributed by atoms with Gasteiger partial charge in [0.15, 0.2) is 0 Å². The highest BCUT2D eigenvalue weighted by Crippen LogP contribution is 2.27. The molecule has 0 aliphatic heterocycles. The van der Waals surface area contributed by atoms with Gasteiger partial charge in [0.05, 0.1) is 0 Å². The van der Waals surface area contributed by atoms with E-state index in [4.69, 9.17) is 16.7 Å². The molecule has 82 valence electrons. The molecule has 1 atom stereocenters. The minimum absolute atomic E-state index is 0.0465. The van der Waals surface area contributed by atoms with Crippen molar-refractivity contribution in [2.75, 3.05) is 6.54 Å². The molecule has 0 aliphatic rings. The number of phenols is 2. The van der Waals surface area contributed by atoms with E-state index in [1.54, 1.807) is 6.07 Å². The third kappa shape index (κ3) is 3.46. The predicted octanol–water partition coefficient (Wildman–Crippen LogP) is 2.50. The Morgan fingerprint density at radius 2 is 2.20 bits per heavy atom. The van der Waals surface area contributed by atoms with Crippen molar-refractivity contribution in [3.63, 3.8) is 0 Å². The summed E-state index contributed by atoms with van der Waals surface area (Å²) >= 11 is 5.61. The molecule has 3 N–H and O–H groups in total. The summed E-state index contributed by atoms with van der Waals surface area (Å²) in [4.78, 5) is 0. The largest absolute Gasteiger partial charge is 0.508 e. The molecule has 0 saturated heterocycles. The smallest absolute Gasteiger partial charge is 0.124 e. The van der Waals surface area contributed by atoms with E-state index < -0.39 is 0 Å². The van der Waals surface area contributed by atoms with Crippen molar-refractivity contribution in [3.05, 3.63) is 35.4 Å². The first kappa shape index (κ1) is 11.9. The standard InChI is InChI=1S/C11H14ClNO2/c1-7(12)6-13-8(2)10-4-3-9(14)5-11(10)15/h3-5,8,13-15H,1,6H2,2H3. The van der Waals surface area contributed by atoms with Crippen LogP contribution < -0.4 is 5.32 Å². The third-order valence-corrected chi connectivity index (χ3v) is 2.21. The van der Waals surface area contributed by atoms with Crippen molar-refractivity contribution in [2.24, 2.45) is 0 Å². The van der Waals surface area contributed by atoms with Gasteiger partial charge in [-0.05, 0) is 13.0 Å². The van der Waals surface area contributed by atoms with Crippen LogP contribution in [0.25, 0.3) is 0 Å². The molecule has 0 aromatic heterocycles. The molecule has 0 heterocycles. The summed E-state index contributed by atoms with van der Waals surface area (Å²) in [5.41, 5.74) is 0.714. The Morgan fingerprint density at radius 3 is 2.73 bits per heavy atom. The molecule has 1 rings (SSSR count). The second-order valence-electron chi connectivity index (χ2n) is 3.36. The number of hydrogen-bond donors (Lipinski definition) is 3. The van der Waals surface area contributed by atoms with Crippen molar-refractivity contribution < 1.29 is 10.2 Å². The van der Waals surface area contributed by atoms with E-state index in [9.17, 15) is 5.11 Å². The SMILES string of the molecule is C=C(Cl)CNC(C)c1ccc(O)cc1O. The van der Waals surface area contributed by atoms with Crippen LogP contribution in [-0.2, 0) is 0 Å². The lowest BCUT2D eigenvalue weighted by molar-refractivity contribution is 0.438. The normalized spacial score (nSPS) is 12.4. The lowest BCUT2D eigenvalue weighted by atomic mass is 10.1. The molecule has 15 heavy (non-hydrogen) atoms. The summed E-state index contributed by atoms with van der Waals surface area (Å²) < 4.78 is 0. The summed E-state index contributed by atoms with van der Waals surface area (Å²) in [6.07, 6.45) is 0. The average molecular weight is 228 g/mol. The van der Waals surface area contributed by atoms with Crippen LogP contribution in [0.15, 0.2) is 29.8 Å². The Balaban J connectivity index is 2.73. The molecule has 0 aliphatic carbocycles. The van der Waals surface area contributed by atoms with E-state index in [0.717, 1.165) is 0 Å².